The minimum atomic E-state index is -2.37. The van der Waals surface area contributed by atoms with Gasteiger partial charge in [0.05, 0.1) is 22.3 Å². The van der Waals surface area contributed by atoms with E-state index in [1.165, 1.54) is 36.4 Å². The first-order valence-electron chi connectivity index (χ1n) is 15.9. The third-order valence-corrected chi connectivity index (χ3v) is 13.3. The third kappa shape index (κ3) is 12.5. The van der Waals surface area contributed by atoms with E-state index in [2.05, 4.69) is 10.6 Å². The van der Waals surface area contributed by atoms with Crippen LogP contribution in [0.3, 0.4) is 0 Å². The first-order chi connectivity index (χ1) is 22.3. The predicted molar refractivity (Wildman–Crippen MR) is 180 cm³/mol. The zero-order valence-corrected chi connectivity index (χ0v) is 30.1. The normalized spacial score (nSPS) is 11.6. The van der Waals surface area contributed by atoms with Crippen LogP contribution in [0.5, 0.6) is 11.5 Å². The van der Waals surface area contributed by atoms with Gasteiger partial charge >= 0.3 is 29.1 Å². The van der Waals surface area contributed by atoms with Crippen LogP contribution in [0.25, 0.3) is 0 Å². The Morgan fingerprint density at radius 3 is 1.38 bits per heavy atom. The minimum absolute atomic E-state index is 0.0476. The number of hydrogen-bond donors (Lipinski definition) is 4. The lowest BCUT2D eigenvalue weighted by molar-refractivity contribution is 0.0682. The molecule has 4 N–H and O–H groups in total. The molecule has 2 amide bonds. The summed E-state index contributed by atoms with van der Waals surface area (Å²) in [7, 11) is -4.71. The maximum atomic E-state index is 13.0. The Hall–Kier alpha value is -3.61. The molecule has 13 nitrogen and oxygen atoms in total. The van der Waals surface area contributed by atoms with Crippen molar-refractivity contribution < 1.29 is 51.8 Å². The van der Waals surface area contributed by atoms with E-state index in [0.29, 0.717) is 57.9 Å². The molecule has 47 heavy (non-hydrogen) atoms. The molecule has 2 rings (SSSR count). The van der Waals surface area contributed by atoms with Gasteiger partial charge in [0.2, 0.25) is 0 Å². The van der Waals surface area contributed by atoms with Crippen LogP contribution in [0.2, 0.25) is 25.2 Å². The zero-order valence-electron chi connectivity index (χ0n) is 28.1. The number of carboxylic acid groups (broad SMARTS) is 2. The van der Waals surface area contributed by atoms with Crippen LogP contribution in [-0.4, -0.2) is 90.6 Å². The van der Waals surface area contributed by atoms with Crippen LogP contribution < -0.4 is 15.4 Å². The van der Waals surface area contributed by atoms with E-state index < -0.39 is 40.9 Å². The summed E-state index contributed by atoms with van der Waals surface area (Å²) in [6.07, 6.45) is 1.18. The second kappa shape index (κ2) is 19.3. The van der Waals surface area contributed by atoms with Gasteiger partial charge in [0.25, 0.3) is 11.8 Å². The molecule has 2 aromatic carbocycles. The van der Waals surface area contributed by atoms with Gasteiger partial charge in [-0.3, -0.25) is 9.59 Å². The van der Waals surface area contributed by atoms with Gasteiger partial charge in [-0.15, -0.1) is 0 Å². The molecule has 0 saturated heterocycles. The highest BCUT2D eigenvalue weighted by Crippen LogP contribution is 2.27. The Morgan fingerprint density at radius 2 is 0.979 bits per heavy atom. The lowest BCUT2D eigenvalue weighted by Gasteiger charge is -2.25. The van der Waals surface area contributed by atoms with Gasteiger partial charge in [0.1, 0.15) is 11.5 Å². The first kappa shape index (κ1) is 39.6. The van der Waals surface area contributed by atoms with Crippen molar-refractivity contribution in [3.63, 3.8) is 0 Å². The molecule has 0 bridgehead atoms. The highest BCUT2D eigenvalue weighted by Gasteiger charge is 2.31. The summed E-state index contributed by atoms with van der Waals surface area (Å²) in [5, 5.41) is 25.0. The molecule has 0 heterocycles. The molecule has 0 fully saturated rings. The molecule has 0 spiro atoms. The van der Waals surface area contributed by atoms with Crippen LogP contribution >= 0.6 is 0 Å². The summed E-state index contributed by atoms with van der Waals surface area (Å²) in [6, 6.07) is 9.17. The SMILES string of the molecule is CCO[Si](C)(CCCNC(=O)c1ccc(Oc2ccc(C(=O)O)c(C(=O)NCCC[Si](C)(OCC)OCC)c2)cc1C(=O)O)OCC. The smallest absolute Gasteiger partial charge is 0.336 e. The number of rotatable bonds is 22. The van der Waals surface area contributed by atoms with Crippen molar-refractivity contribution in [3.8, 4) is 11.5 Å². The molecule has 15 heteroatoms. The van der Waals surface area contributed by atoms with Gasteiger partial charge in [0, 0.05) is 39.5 Å². The highest BCUT2D eigenvalue weighted by molar-refractivity contribution is 6.66. The zero-order chi connectivity index (χ0) is 35.0. The van der Waals surface area contributed by atoms with Crippen LogP contribution in [0, 0.1) is 0 Å². The second-order valence-corrected chi connectivity index (χ2v) is 17.5. The fourth-order valence-corrected chi connectivity index (χ4v) is 9.89. The number of carbonyl (C=O) groups is 4. The molecule has 2 aromatic rings. The Labute approximate surface area is 278 Å². The van der Waals surface area contributed by atoms with Crippen molar-refractivity contribution in [2.45, 2.75) is 65.7 Å². The molecular formula is C32H48N2O11Si2. The monoisotopic (exact) mass is 692 g/mol. The fraction of sp³-hybridized carbons (Fsp3) is 0.500. The maximum absolute atomic E-state index is 13.0. The van der Waals surface area contributed by atoms with E-state index in [0.717, 1.165) is 0 Å². The summed E-state index contributed by atoms with van der Waals surface area (Å²) in [5.41, 5.74) is -0.667. The lowest BCUT2D eigenvalue weighted by atomic mass is 10.1. The molecule has 0 saturated carbocycles. The highest BCUT2D eigenvalue weighted by atomic mass is 28.4. The number of carboxylic acids is 2. The van der Waals surface area contributed by atoms with E-state index >= 15 is 0 Å². The molecule has 0 atom stereocenters. The topological polar surface area (TPSA) is 179 Å². The van der Waals surface area contributed by atoms with Crippen molar-refractivity contribution in [2.24, 2.45) is 0 Å². The van der Waals surface area contributed by atoms with Gasteiger partial charge in [0.15, 0.2) is 0 Å². The number of carbonyl (C=O) groups excluding carboxylic acids is 2. The number of nitrogens with one attached hydrogen (secondary N) is 2. The Balaban J connectivity index is 2.13. The van der Waals surface area contributed by atoms with E-state index in [1.807, 2.05) is 40.8 Å². The van der Waals surface area contributed by atoms with Gasteiger partial charge in [-0.05, 0) is 102 Å². The Bertz CT molecular complexity index is 1360. The number of aromatic carboxylic acids is 2. The van der Waals surface area contributed by atoms with E-state index in [-0.39, 0.29) is 40.3 Å². The molecule has 260 valence electrons. The summed E-state index contributed by atoms with van der Waals surface area (Å²) in [6.45, 7) is 14.2. The summed E-state index contributed by atoms with van der Waals surface area (Å²) < 4.78 is 29.1. The maximum Gasteiger partial charge on any atom is 0.336 e. The standard InChI is InChI=1S/C32H48N2O11Si2/c1-7-41-46(5,42-8-2)19-11-17-33-29(35)25-15-13-24(22-28(25)32(39)40)45-23-14-16-26(31(37)38)27(21-23)30(36)34-18-12-20-47(6,43-9-3)44-10-4/h13-16,21-22H,7-12,17-20H2,1-6H3,(H,33,35)(H,34,36)(H,37,38)(H,39,40). The Kier molecular flexibility index (Phi) is 16.2. The number of hydrogen-bond acceptors (Lipinski definition) is 9. The van der Waals surface area contributed by atoms with Crippen molar-refractivity contribution >= 4 is 40.9 Å². The van der Waals surface area contributed by atoms with E-state index in [9.17, 15) is 29.4 Å². The molecule has 0 aromatic heterocycles. The molecule has 0 aliphatic heterocycles. The molecular weight excluding hydrogens is 645 g/mol. The van der Waals surface area contributed by atoms with Crippen molar-refractivity contribution in [1.29, 1.82) is 0 Å². The average Bonchev–Trinajstić information content (AvgIpc) is 3.01. The summed E-state index contributed by atoms with van der Waals surface area (Å²) in [5.74, 6) is -3.59. The van der Waals surface area contributed by atoms with Crippen LogP contribution in [0.4, 0.5) is 0 Å². The van der Waals surface area contributed by atoms with Crippen molar-refractivity contribution in [3.05, 3.63) is 58.7 Å². The molecule has 0 aliphatic rings. The quantitative estimate of drug-likeness (QED) is 0.0917. The van der Waals surface area contributed by atoms with Crippen molar-refractivity contribution in [2.75, 3.05) is 39.5 Å². The lowest BCUT2D eigenvalue weighted by Crippen LogP contribution is -2.39. The minimum Gasteiger partial charge on any atom is -0.478 e. The number of ether oxygens (including phenoxy) is 1. The van der Waals surface area contributed by atoms with Gasteiger partial charge in [-0.1, -0.05) is 0 Å². The molecule has 0 radical (unpaired) electrons. The molecule has 0 aliphatic carbocycles. The summed E-state index contributed by atoms with van der Waals surface area (Å²) in [4.78, 5) is 49.8. The van der Waals surface area contributed by atoms with E-state index in [1.54, 1.807) is 0 Å². The van der Waals surface area contributed by atoms with Crippen LogP contribution in [0.15, 0.2) is 36.4 Å². The van der Waals surface area contributed by atoms with Crippen LogP contribution in [0.1, 0.15) is 82.0 Å². The first-order valence-corrected chi connectivity index (χ1v) is 20.9. The van der Waals surface area contributed by atoms with Crippen LogP contribution in [-0.2, 0) is 17.7 Å². The van der Waals surface area contributed by atoms with E-state index in [4.69, 9.17) is 22.4 Å². The number of benzene rings is 2. The molecule has 0 unspecified atom stereocenters. The summed E-state index contributed by atoms with van der Waals surface area (Å²) >= 11 is 0. The largest absolute Gasteiger partial charge is 0.478 e. The number of amides is 2. The van der Waals surface area contributed by atoms with Gasteiger partial charge in [-0.25, -0.2) is 9.59 Å². The third-order valence-electron chi connectivity index (χ3n) is 7.15. The van der Waals surface area contributed by atoms with Gasteiger partial charge < -0.3 is 43.3 Å². The predicted octanol–water partition coefficient (Wildman–Crippen LogP) is 5.41. The average molecular weight is 693 g/mol. The Morgan fingerprint density at radius 1 is 0.596 bits per heavy atom. The second-order valence-electron chi connectivity index (χ2n) is 10.8. The fourth-order valence-electron chi connectivity index (χ4n) is 5.07. The van der Waals surface area contributed by atoms with Gasteiger partial charge in [-0.2, -0.15) is 0 Å². The van der Waals surface area contributed by atoms with Crippen molar-refractivity contribution in [1.82, 2.24) is 10.6 Å².